The van der Waals surface area contributed by atoms with E-state index in [2.05, 4.69) is 57.0 Å². The maximum absolute atomic E-state index is 12.3. The molecule has 1 aromatic heterocycles. The van der Waals surface area contributed by atoms with E-state index >= 15 is 0 Å². The summed E-state index contributed by atoms with van der Waals surface area (Å²) in [5.41, 5.74) is 8.89. The molecule has 37 heavy (non-hydrogen) atoms. The summed E-state index contributed by atoms with van der Waals surface area (Å²) in [7, 11) is 0. The van der Waals surface area contributed by atoms with Crippen LogP contribution in [-0.4, -0.2) is 34.2 Å². The van der Waals surface area contributed by atoms with Crippen molar-refractivity contribution in [2.45, 2.75) is 56.7 Å². The van der Waals surface area contributed by atoms with E-state index in [0.29, 0.717) is 6.04 Å². The van der Waals surface area contributed by atoms with E-state index in [1.807, 2.05) is 18.2 Å². The number of nitrogens with zero attached hydrogens (tertiary/aromatic N) is 3. The molecule has 2 aliphatic carbocycles. The average Bonchev–Trinajstić information content (AvgIpc) is 3.69. The lowest BCUT2D eigenvalue weighted by Gasteiger charge is -2.37. The summed E-state index contributed by atoms with van der Waals surface area (Å²) in [4.78, 5) is 28.1. The Balaban J connectivity index is 1.22. The highest BCUT2D eigenvalue weighted by Crippen LogP contribution is 2.37. The Morgan fingerprint density at radius 2 is 1.70 bits per heavy atom. The van der Waals surface area contributed by atoms with E-state index in [1.165, 1.54) is 16.7 Å². The molecule has 5 rings (SSSR count). The van der Waals surface area contributed by atoms with Gasteiger partial charge in [-0.3, -0.25) is 14.3 Å². The van der Waals surface area contributed by atoms with Crippen molar-refractivity contribution in [1.29, 1.82) is 0 Å². The van der Waals surface area contributed by atoms with Crippen LogP contribution in [0.15, 0.2) is 60.8 Å². The summed E-state index contributed by atoms with van der Waals surface area (Å²) in [6.45, 7) is 8.60. The molecule has 1 heterocycles. The zero-order valence-corrected chi connectivity index (χ0v) is 20.8. The lowest BCUT2D eigenvalue weighted by Crippen LogP contribution is -2.45. The van der Waals surface area contributed by atoms with Crippen LogP contribution in [0.4, 0.5) is 5.82 Å². The van der Waals surface area contributed by atoms with Gasteiger partial charge < -0.3 is 21.2 Å². The van der Waals surface area contributed by atoms with E-state index < -0.39 is 11.4 Å². The van der Waals surface area contributed by atoms with Crippen molar-refractivity contribution < 1.29 is 9.59 Å². The fourth-order valence-corrected chi connectivity index (χ4v) is 5.13. The van der Waals surface area contributed by atoms with Crippen molar-refractivity contribution in [2.24, 2.45) is 11.7 Å². The molecule has 2 amide bonds. The zero-order valence-electron chi connectivity index (χ0n) is 20.8. The quantitative estimate of drug-likeness (QED) is 0.383. The molecule has 8 heteroatoms. The Labute approximate surface area is 217 Å². The molecule has 0 spiro atoms. The maximum Gasteiger partial charge on any atom is 0.254 e. The molecule has 0 atom stereocenters. The number of benzene rings is 2. The van der Waals surface area contributed by atoms with Gasteiger partial charge in [-0.05, 0) is 55.2 Å². The largest absolute Gasteiger partial charge is 0.365 e. The molecule has 8 nitrogen and oxygen atoms in total. The number of anilines is 1. The van der Waals surface area contributed by atoms with Crippen molar-refractivity contribution in [2.75, 3.05) is 11.9 Å². The molecule has 4 N–H and O–H groups in total. The first-order valence-corrected chi connectivity index (χ1v) is 12.9. The van der Waals surface area contributed by atoms with Crippen LogP contribution in [0, 0.1) is 12.5 Å². The number of primary amides is 1. The van der Waals surface area contributed by atoms with E-state index in [1.54, 1.807) is 10.9 Å². The first-order chi connectivity index (χ1) is 18.0. The summed E-state index contributed by atoms with van der Waals surface area (Å²) in [5, 5.41) is 11.0. The number of rotatable bonds is 9. The molecule has 0 bridgehead atoms. The molecule has 2 saturated carbocycles. The Kier molecular flexibility index (Phi) is 7.06. The highest BCUT2D eigenvalue weighted by atomic mass is 16.2. The number of hydrogen-bond donors (Lipinski definition) is 3. The van der Waals surface area contributed by atoms with Crippen molar-refractivity contribution in [3.63, 3.8) is 0 Å². The Morgan fingerprint density at radius 1 is 1.03 bits per heavy atom. The molecule has 0 radical (unpaired) electrons. The Hall–Kier alpha value is -3.96. The molecule has 190 valence electrons. The molecule has 2 aliphatic rings. The fraction of sp³-hybridized carbons (Fsp3) is 0.379. The lowest BCUT2D eigenvalue weighted by atomic mass is 9.79. The van der Waals surface area contributed by atoms with Crippen LogP contribution in [0.25, 0.3) is 16.0 Å². The van der Waals surface area contributed by atoms with Crippen LogP contribution in [0.2, 0.25) is 0 Å². The maximum atomic E-state index is 12.3. The van der Waals surface area contributed by atoms with Crippen LogP contribution in [0.5, 0.6) is 0 Å². The fourth-order valence-electron chi connectivity index (χ4n) is 5.13. The van der Waals surface area contributed by atoms with Crippen molar-refractivity contribution in [3.05, 3.63) is 83.3 Å². The van der Waals surface area contributed by atoms with E-state index in [0.717, 1.165) is 45.1 Å². The van der Waals surface area contributed by atoms with Gasteiger partial charge in [0.15, 0.2) is 5.82 Å². The van der Waals surface area contributed by atoms with Gasteiger partial charge in [0.25, 0.3) is 5.91 Å². The summed E-state index contributed by atoms with van der Waals surface area (Å²) >= 11 is 0. The van der Waals surface area contributed by atoms with Gasteiger partial charge in [-0.15, -0.1) is 0 Å². The van der Waals surface area contributed by atoms with Gasteiger partial charge in [0, 0.05) is 24.7 Å². The predicted molar refractivity (Wildman–Crippen MR) is 143 cm³/mol. The molecule has 2 fully saturated rings. The first kappa shape index (κ1) is 24.7. The number of amides is 2. The highest BCUT2D eigenvalue weighted by Gasteiger charge is 2.42. The number of nitrogens with one attached hydrogen (secondary N) is 2. The van der Waals surface area contributed by atoms with Crippen molar-refractivity contribution in [3.8, 4) is 11.1 Å². The van der Waals surface area contributed by atoms with Gasteiger partial charge >= 0.3 is 0 Å². The van der Waals surface area contributed by atoms with Crippen molar-refractivity contribution >= 4 is 17.6 Å². The monoisotopic (exact) mass is 496 g/mol. The van der Waals surface area contributed by atoms with E-state index in [9.17, 15) is 9.59 Å². The third-order valence-corrected chi connectivity index (χ3v) is 7.60. The van der Waals surface area contributed by atoms with Gasteiger partial charge in [-0.1, -0.05) is 54.6 Å². The van der Waals surface area contributed by atoms with Gasteiger partial charge in [0.05, 0.1) is 0 Å². The molecular weight excluding hydrogens is 464 g/mol. The van der Waals surface area contributed by atoms with Crippen molar-refractivity contribution in [1.82, 2.24) is 15.1 Å². The van der Waals surface area contributed by atoms with E-state index in [4.69, 9.17) is 12.3 Å². The third kappa shape index (κ3) is 5.57. The Morgan fingerprint density at radius 3 is 2.32 bits per heavy atom. The molecule has 2 aromatic carbocycles. The normalized spacial score (nSPS) is 21.2. The predicted octanol–water partition coefficient (Wildman–Crippen LogP) is 4.34. The first-order valence-electron chi connectivity index (χ1n) is 12.9. The minimum absolute atomic E-state index is 0.0147. The SMILES string of the molecule is [C-]#[N+]CC1(n2cc(C(N)=O)c(NC(=O)C3CC3)n2)CCC(NCc2ccc(-c3ccccc3)cc2)CC1. The minimum Gasteiger partial charge on any atom is -0.365 e. The Bertz CT molecular complexity index is 1300. The molecule has 3 aromatic rings. The summed E-state index contributed by atoms with van der Waals surface area (Å²) in [6.07, 6.45) is 6.57. The second-order valence-electron chi connectivity index (χ2n) is 10.2. The van der Waals surface area contributed by atoms with Gasteiger partial charge in [0.1, 0.15) is 11.1 Å². The second-order valence-corrected chi connectivity index (χ2v) is 10.2. The van der Waals surface area contributed by atoms with Crippen LogP contribution >= 0.6 is 0 Å². The van der Waals surface area contributed by atoms with Gasteiger partial charge in [-0.2, -0.15) is 5.10 Å². The van der Waals surface area contributed by atoms with Crippen LogP contribution in [0.1, 0.15) is 54.4 Å². The smallest absolute Gasteiger partial charge is 0.254 e. The zero-order chi connectivity index (χ0) is 25.8. The minimum atomic E-state index is -0.635. The van der Waals surface area contributed by atoms with Crippen LogP contribution < -0.4 is 16.4 Å². The number of carbonyl (C=O) groups excluding carboxylic acids is 2. The molecular formula is C29H32N6O2. The number of carbonyl (C=O) groups is 2. The molecule has 0 aliphatic heterocycles. The lowest BCUT2D eigenvalue weighted by molar-refractivity contribution is -0.117. The standard InChI is InChI=1S/C29H32N6O2/c1-31-19-29(35-18-25(26(30)36)27(34-35)33-28(37)23-11-12-23)15-13-24(14-16-29)32-17-20-7-9-22(10-8-20)21-5-3-2-4-6-21/h2-10,18,23-24,32H,11-17,19H2,(H2,30,36)(H,33,34,37). The number of nitrogens with two attached hydrogens (primary N) is 1. The van der Waals surface area contributed by atoms with Gasteiger partial charge in [-0.25, -0.2) is 6.57 Å². The number of aromatic nitrogens is 2. The summed E-state index contributed by atoms with van der Waals surface area (Å²) < 4.78 is 1.71. The topological polar surface area (TPSA) is 106 Å². The van der Waals surface area contributed by atoms with Crippen LogP contribution in [0.3, 0.4) is 0 Å². The third-order valence-electron chi connectivity index (χ3n) is 7.60. The van der Waals surface area contributed by atoms with Crippen LogP contribution in [-0.2, 0) is 16.9 Å². The van der Waals surface area contributed by atoms with E-state index in [-0.39, 0.29) is 29.8 Å². The summed E-state index contributed by atoms with van der Waals surface area (Å²) in [5.74, 6) is -0.576. The second kappa shape index (κ2) is 10.6. The summed E-state index contributed by atoms with van der Waals surface area (Å²) in [6, 6.07) is 19.3. The molecule has 0 saturated heterocycles. The highest BCUT2D eigenvalue weighted by molar-refractivity contribution is 6.02. The average molecular weight is 497 g/mol. The van der Waals surface area contributed by atoms with Gasteiger partial charge in [0.2, 0.25) is 12.5 Å². The molecule has 0 unspecified atom stereocenters. The number of hydrogen-bond acceptors (Lipinski definition) is 4.